The Morgan fingerprint density at radius 1 is 1.25 bits per heavy atom. The molecule has 0 radical (unpaired) electrons. The van der Waals surface area contributed by atoms with Crippen molar-refractivity contribution in [1.29, 1.82) is 0 Å². The van der Waals surface area contributed by atoms with E-state index in [9.17, 15) is 0 Å². The van der Waals surface area contributed by atoms with Crippen molar-refractivity contribution in [3.8, 4) is 0 Å². The monoisotopic (exact) mass is 324 g/mol. The Balaban J connectivity index is 0. The van der Waals surface area contributed by atoms with Crippen LogP contribution in [0.2, 0.25) is 0 Å². The SMILES string of the molecule is BrI.[K][Br]. The average Bonchev–Trinajstić information content (AvgIpc) is 1.50. The summed E-state index contributed by atoms with van der Waals surface area (Å²) in [7, 11) is 0. The first-order chi connectivity index (χ1) is 2.00. The van der Waals surface area contributed by atoms with Crippen LogP contribution in [-0.2, 0) is 0 Å². The summed E-state index contributed by atoms with van der Waals surface area (Å²) in [6, 6.07) is 0. The van der Waals surface area contributed by atoms with Gasteiger partial charge in [0.15, 0.2) is 0 Å². The van der Waals surface area contributed by atoms with Gasteiger partial charge < -0.3 is 0 Å². The summed E-state index contributed by atoms with van der Waals surface area (Å²) in [6.45, 7) is 3.12. The van der Waals surface area contributed by atoms with E-state index in [1.807, 2.05) is 20.4 Å². The zero-order chi connectivity index (χ0) is 4.00. The molecule has 0 rings (SSSR count). The molecule has 0 aliphatic carbocycles. The molecule has 4 heavy (non-hydrogen) atoms. The first-order valence-corrected chi connectivity index (χ1v) is 13.1. The fourth-order valence-electron chi connectivity index (χ4n) is 0. The van der Waals surface area contributed by atoms with E-state index in [1.165, 1.54) is 0 Å². The maximum atomic E-state index is 3.12. The maximum absolute atomic E-state index is 3.12. The van der Waals surface area contributed by atoms with Crippen LogP contribution in [0.4, 0.5) is 0 Å². The third-order valence-electron chi connectivity index (χ3n) is 0. The van der Waals surface area contributed by atoms with E-state index in [1.54, 1.807) is 0 Å². The number of hydrogen-bond acceptors (Lipinski definition) is 0. The molecular weight excluding hydrogens is 326 g/mol. The van der Waals surface area contributed by atoms with E-state index in [0.29, 0.717) is 0 Å². The van der Waals surface area contributed by atoms with Crippen LogP contribution < -0.4 is 0 Å². The molecule has 22 valence electrons. The molecule has 0 bridgehead atoms. The van der Waals surface area contributed by atoms with E-state index in [2.05, 4.69) is 19.3 Å². The van der Waals surface area contributed by atoms with Crippen molar-refractivity contribution in [3.05, 3.63) is 0 Å². The Morgan fingerprint density at radius 2 is 1.25 bits per heavy atom. The topological polar surface area (TPSA) is 0 Å². The van der Waals surface area contributed by atoms with Crippen molar-refractivity contribution in [2.75, 3.05) is 0 Å². The van der Waals surface area contributed by atoms with Crippen molar-refractivity contribution in [3.63, 3.8) is 0 Å². The van der Waals surface area contributed by atoms with Gasteiger partial charge >= 0.3 is 52.0 Å². The first kappa shape index (κ1) is 10.3. The molecule has 0 N–H and O–H groups in total. The minimum atomic E-state index is 0.875. The predicted octanol–water partition coefficient (Wildman–Crippen LogP) is 2.20. The van der Waals surface area contributed by atoms with E-state index in [0.717, 1.165) is 45.4 Å². The molecule has 0 atom stereocenters. The Labute approximate surface area is 82.2 Å². The number of hydrogen-bond donors (Lipinski definition) is 0. The van der Waals surface area contributed by atoms with E-state index < -0.39 is 0 Å². The third kappa shape index (κ3) is 9.01. The molecule has 4 heteroatoms. The molecule has 0 saturated carbocycles. The second-order valence-corrected chi connectivity index (χ2v) is 0. The van der Waals surface area contributed by atoms with Gasteiger partial charge in [-0.1, -0.05) is 0 Å². The summed E-state index contributed by atoms with van der Waals surface area (Å²) in [5.41, 5.74) is 0. The molecule has 0 unspecified atom stereocenters. The first-order valence-electron chi connectivity index (χ1n) is 0.521. The molecule has 0 heterocycles. The van der Waals surface area contributed by atoms with Crippen LogP contribution in [0.25, 0.3) is 0 Å². The third-order valence-corrected chi connectivity index (χ3v) is 0. The van der Waals surface area contributed by atoms with Gasteiger partial charge in [-0.2, -0.15) is 0 Å². The van der Waals surface area contributed by atoms with Gasteiger partial charge in [0.05, 0.1) is 0 Å². The molecule has 0 amide bonds. The second kappa shape index (κ2) is 16.2. The van der Waals surface area contributed by atoms with Crippen LogP contribution in [0.15, 0.2) is 0 Å². The van der Waals surface area contributed by atoms with Gasteiger partial charge in [0.25, 0.3) is 0 Å². The Hall–Kier alpha value is 3.33. The van der Waals surface area contributed by atoms with E-state index >= 15 is 0 Å². The quantitative estimate of drug-likeness (QED) is 0.473. The van der Waals surface area contributed by atoms with Crippen molar-refractivity contribution in [2.45, 2.75) is 0 Å². The van der Waals surface area contributed by atoms with E-state index in [4.69, 9.17) is 0 Å². The second-order valence-electron chi connectivity index (χ2n) is 0. The van der Waals surface area contributed by atoms with Crippen LogP contribution in [-0.4, -0.2) is 45.4 Å². The van der Waals surface area contributed by atoms with Gasteiger partial charge in [0.2, 0.25) is 0 Å². The van der Waals surface area contributed by atoms with Gasteiger partial charge in [-0.05, 0) is 12.7 Å². The molecule has 0 aromatic heterocycles. The molecule has 0 aromatic carbocycles. The van der Waals surface area contributed by atoms with Gasteiger partial charge in [0.1, 0.15) is 0 Å². The zero-order valence-corrected chi connectivity index (χ0v) is 10.6. The Morgan fingerprint density at radius 3 is 1.25 bits per heavy atom. The van der Waals surface area contributed by atoms with Gasteiger partial charge in [0, 0.05) is 20.4 Å². The van der Waals surface area contributed by atoms with Crippen molar-refractivity contribution in [1.82, 2.24) is 0 Å². The van der Waals surface area contributed by atoms with Crippen LogP contribution >= 0.6 is 39.7 Å². The summed E-state index contributed by atoms with van der Waals surface area (Å²) >= 11 is 5.74. The van der Waals surface area contributed by atoms with Gasteiger partial charge in [-0.3, -0.25) is 0 Å². The van der Waals surface area contributed by atoms with Crippen molar-refractivity contribution in [2.24, 2.45) is 0 Å². The van der Waals surface area contributed by atoms with Crippen LogP contribution in [0.3, 0.4) is 0 Å². The molecule has 0 nitrogen and oxygen atoms in total. The van der Waals surface area contributed by atoms with Gasteiger partial charge in [-0.25, -0.2) is 0 Å². The Bertz CT molecular complexity index is 6.00. The summed E-state index contributed by atoms with van der Waals surface area (Å²) in [5, 5.41) is 0. The van der Waals surface area contributed by atoms with Crippen LogP contribution in [0, 0.1) is 0 Å². The molecule has 0 fully saturated rings. The molecular formula is Br2IK. The summed E-state index contributed by atoms with van der Waals surface area (Å²) < 4.78 is 0. The molecule has 0 aliphatic heterocycles. The van der Waals surface area contributed by atoms with Crippen molar-refractivity contribution >= 4 is 85.1 Å². The van der Waals surface area contributed by atoms with Crippen LogP contribution in [0.1, 0.15) is 0 Å². The Kier molecular flexibility index (Phi) is 41.9. The molecule has 0 saturated heterocycles. The molecule has 0 spiro atoms. The fourth-order valence-corrected chi connectivity index (χ4v) is 0. The standard InChI is InChI=1S/BrI.BrH.K/c1-2;;/h;1H;/q;;+1/p-1. The normalized spacial score (nSPS) is 3.25. The van der Waals surface area contributed by atoms with Crippen LogP contribution in [0.5, 0.6) is 0 Å². The fraction of sp³-hybridized carbons (Fsp3) is 0. The summed E-state index contributed by atoms with van der Waals surface area (Å²) in [6.07, 6.45) is 0. The minimum absolute atomic E-state index is 0.875. The summed E-state index contributed by atoms with van der Waals surface area (Å²) in [5.74, 6) is 0. The molecule has 0 aliphatic rings. The van der Waals surface area contributed by atoms with Crippen molar-refractivity contribution < 1.29 is 0 Å². The molecule has 0 aromatic rings. The number of rotatable bonds is 0. The zero-order valence-electron chi connectivity index (χ0n) is 2.13. The number of halogens is 3. The average molecular weight is 326 g/mol. The van der Waals surface area contributed by atoms with E-state index in [-0.39, 0.29) is 0 Å². The van der Waals surface area contributed by atoms with Gasteiger partial charge in [-0.15, -0.1) is 0 Å². The summed E-state index contributed by atoms with van der Waals surface area (Å²) in [4.78, 5) is 0. The predicted molar refractivity (Wildman–Crippen MR) is 37.6 cm³/mol.